The summed E-state index contributed by atoms with van der Waals surface area (Å²) in [4.78, 5) is 11.0. The fourth-order valence-corrected chi connectivity index (χ4v) is 2.50. The Balaban J connectivity index is 1.91. The van der Waals surface area contributed by atoms with E-state index in [1.165, 1.54) is 25.7 Å². The van der Waals surface area contributed by atoms with Crippen LogP contribution >= 0.6 is 0 Å². The number of aromatic nitrogens is 2. The summed E-state index contributed by atoms with van der Waals surface area (Å²) in [5.74, 6) is 1.68. The Labute approximate surface area is 103 Å². The first kappa shape index (κ1) is 12.3. The third kappa shape index (κ3) is 3.40. The van der Waals surface area contributed by atoms with E-state index >= 15 is 0 Å². The van der Waals surface area contributed by atoms with Crippen molar-refractivity contribution in [2.75, 3.05) is 25.5 Å². The van der Waals surface area contributed by atoms with Crippen molar-refractivity contribution in [3.05, 3.63) is 18.0 Å². The van der Waals surface area contributed by atoms with Gasteiger partial charge in [-0.2, -0.15) is 0 Å². The lowest BCUT2D eigenvalue weighted by Crippen LogP contribution is -2.25. The Bertz CT molecular complexity index is 330. The van der Waals surface area contributed by atoms with E-state index in [4.69, 9.17) is 0 Å². The summed E-state index contributed by atoms with van der Waals surface area (Å²) in [6, 6.07) is 0. The molecule has 1 saturated carbocycles. The average molecular weight is 234 g/mol. The Morgan fingerprint density at radius 1 is 1.29 bits per heavy atom. The summed E-state index contributed by atoms with van der Waals surface area (Å²) in [7, 11) is 4.02. The van der Waals surface area contributed by atoms with Crippen LogP contribution in [0.3, 0.4) is 0 Å². The smallest absolute Gasteiger partial charge is 0.225 e. The van der Waals surface area contributed by atoms with Gasteiger partial charge in [0.1, 0.15) is 0 Å². The van der Waals surface area contributed by atoms with Crippen LogP contribution in [-0.2, 0) is 6.54 Å². The van der Waals surface area contributed by atoms with Crippen molar-refractivity contribution in [1.29, 1.82) is 0 Å². The predicted octanol–water partition coefficient (Wildman–Crippen LogP) is 1.82. The quantitative estimate of drug-likeness (QED) is 0.844. The van der Waals surface area contributed by atoms with Crippen LogP contribution in [0.5, 0.6) is 0 Å². The molecule has 0 amide bonds. The first-order valence-corrected chi connectivity index (χ1v) is 6.46. The minimum atomic E-state index is 0.826. The molecule has 0 aliphatic heterocycles. The van der Waals surface area contributed by atoms with Crippen molar-refractivity contribution in [1.82, 2.24) is 15.3 Å². The Kier molecular flexibility index (Phi) is 4.31. The summed E-state index contributed by atoms with van der Waals surface area (Å²) < 4.78 is 0. The molecule has 1 aliphatic carbocycles. The third-order valence-corrected chi connectivity index (χ3v) is 3.42. The van der Waals surface area contributed by atoms with Gasteiger partial charge in [-0.05, 0) is 25.8 Å². The zero-order valence-corrected chi connectivity index (χ0v) is 10.8. The van der Waals surface area contributed by atoms with E-state index in [2.05, 4.69) is 27.2 Å². The van der Waals surface area contributed by atoms with Crippen molar-refractivity contribution < 1.29 is 0 Å². The van der Waals surface area contributed by atoms with Crippen molar-refractivity contribution in [3.8, 4) is 0 Å². The fraction of sp³-hybridized carbons (Fsp3) is 0.692. The molecule has 1 fully saturated rings. The van der Waals surface area contributed by atoms with Crippen molar-refractivity contribution >= 4 is 5.95 Å². The van der Waals surface area contributed by atoms with E-state index in [0.29, 0.717) is 0 Å². The number of hydrogen-bond acceptors (Lipinski definition) is 4. The molecule has 17 heavy (non-hydrogen) atoms. The van der Waals surface area contributed by atoms with Crippen LogP contribution in [0.1, 0.15) is 31.2 Å². The molecule has 0 unspecified atom stereocenters. The molecule has 94 valence electrons. The molecule has 0 atom stereocenters. The van der Waals surface area contributed by atoms with Gasteiger partial charge in [0.05, 0.1) is 0 Å². The van der Waals surface area contributed by atoms with Crippen LogP contribution in [0.2, 0.25) is 0 Å². The highest BCUT2D eigenvalue weighted by Gasteiger charge is 2.17. The van der Waals surface area contributed by atoms with Crippen molar-refractivity contribution in [2.24, 2.45) is 5.92 Å². The monoisotopic (exact) mass is 234 g/mol. The van der Waals surface area contributed by atoms with E-state index in [-0.39, 0.29) is 0 Å². The Morgan fingerprint density at radius 3 is 2.53 bits per heavy atom. The van der Waals surface area contributed by atoms with Crippen LogP contribution in [0.4, 0.5) is 5.95 Å². The standard InChI is InChI=1S/C13H22N4/c1-14-7-12-8-15-13(16-9-12)17(2)10-11-5-3-4-6-11/h8-9,11,14H,3-7,10H2,1-2H3. The second kappa shape index (κ2) is 5.96. The zero-order valence-electron chi connectivity index (χ0n) is 10.8. The SMILES string of the molecule is CNCc1cnc(N(C)CC2CCCC2)nc1. The van der Waals surface area contributed by atoms with E-state index in [1.807, 2.05) is 19.4 Å². The van der Waals surface area contributed by atoms with Gasteiger partial charge in [-0.25, -0.2) is 9.97 Å². The fourth-order valence-electron chi connectivity index (χ4n) is 2.50. The van der Waals surface area contributed by atoms with Gasteiger partial charge >= 0.3 is 0 Å². The van der Waals surface area contributed by atoms with Crippen LogP contribution in [0, 0.1) is 5.92 Å². The molecule has 0 bridgehead atoms. The van der Waals surface area contributed by atoms with Gasteiger partial charge in [-0.3, -0.25) is 0 Å². The van der Waals surface area contributed by atoms with E-state index < -0.39 is 0 Å². The second-order valence-corrected chi connectivity index (χ2v) is 4.95. The van der Waals surface area contributed by atoms with E-state index in [9.17, 15) is 0 Å². The van der Waals surface area contributed by atoms with Crippen LogP contribution < -0.4 is 10.2 Å². The summed E-state index contributed by atoms with van der Waals surface area (Å²) in [5.41, 5.74) is 1.13. The summed E-state index contributed by atoms with van der Waals surface area (Å²) in [6.45, 7) is 1.91. The predicted molar refractivity (Wildman–Crippen MR) is 70.0 cm³/mol. The molecule has 4 nitrogen and oxygen atoms in total. The molecule has 2 rings (SSSR count). The molecule has 1 aliphatic rings. The van der Waals surface area contributed by atoms with Gasteiger partial charge in [0.2, 0.25) is 5.95 Å². The Hall–Kier alpha value is -1.16. The number of nitrogens with one attached hydrogen (secondary N) is 1. The molecule has 1 N–H and O–H groups in total. The maximum atomic E-state index is 4.41. The van der Waals surface area contributed by atoms with Gasteiger partial charge in [0.15, 0.2) is 0 Å². The Morgan fingerprint density at radius 2 is 1.94 bits per heavy atom. The average Bonchev–Trinajstić information content (AvgIpc) is 2.83. The maximum absolute atomic E-state index is 4.41. The highest BCUT2D eigenvalue weighted by molar-refractivity contribution is 5.28. The van der Waals surface area contributed by atoms with Gasteiger partial charge in [-0.15, -0.1) is 0 Å². The van der Waals surface area contributed by atoms with Crippen molar-refractivity contribution in [2.45, 2.75) is 32.2 Å². The van der Waals surface area contributed by atoms with Gasteiger partial charge < -0.3 is 10.2 Å². The molecule has 1 aromatic heterocycles. The molecule has 1 heterocycles. The van der Waals surface area contributed by atoms with Crippen LogP contribution in [-0.4, -0.2) is 30.6 Å². The molecule has 0 spiro atoms. The van der Waals surface area contributed by atoms with Gasteiger partial charge in [0, 0.05) is 38.1 Å². The largest absolute Gasteiger partial charge is 0.344 e. The lowest BCUT2D eigenvalue weighted by Gasteiger charge is -2.20. The molecule has 1 aromatic rings. The van der Waals surface area contributed by atoms with Crippen LogP contribution in [0.25, 0.3) is 0 Å². The number of hydrogen-bond donors (Lipinski definition) is 1. The summed E-state index contributed by atoms with van der Waals surface area (Å²) in [6.07, 6.45) is 9.32. The lowest BCUT2D eigenvalue weighted by atomic mass is 10.1. The number of anilines is 1. The first-order valence-electron chi connectivity index (χ1n) is 6.46. The van der Waals surface area contributed by atoms with E-state index in [1.54, 1.807) is 0 Å². The highest BCUT2D eigenvalue weighted by atomic mass is 15.2. The molecular formula is C13H22N4. The lowest BCUT2D eigenvalue weighted by molar-refractivity contribution is 0.542. The number of rotatable bonds is 5. The molecular weight excluding hydrogens is 212 g/mol. The van der Waals surface area contributed by atoms with Gasteiger partial charge in [-0.1, -0.05) is 12.8 Å². The second-order valence-electron chi connectivity index (χ2n) is 4.95. The van der Waals surface area contributed by atoms with E-state index in [0.717, 1.165) is 30.5 Å². The van der Waals surface area contributed by atoms with Crippen molar-refractivity contribution in [3.63, 3.8) is 0 Å². The minimum Gasteiger partial charge on any atom is -0.344 e. The zero-order chi connectivity index (χ0) is 12.1. The maximum Gasteiger partial charge on any atom is 0.225 e. The number of nitrogens with zero attached hydrogens (tertiary/aromatic N) is 3. The molecule has 4 heteroatoms. The summed E-state index contributed by atoms with van der Waals surface area (Å²) in [5, 5.41) is 3.10. The highest BCUT2D eigenvalue weighted by Crippen LogP contribution is 2.25. The topological polar surface area (TPSA) is 41.1 Å². The minimum absolute atomic E-state index is 0.826. The van der Waals surface area contributed by atoms with Crippen LogP contribution in [0.15, 0.2) is 12.4 Å². The molecule has 0 saturated heterocycles. The third-order valence-electron chi connectivity index (χ3n) is 3.42. The summed E-state index contributed by atoms with van der Waals surface area (Å²) >= 11 is 0. The normalized spacial score (nSPS) is 16.4. The van der Waals surface area contributed by atoms with Gasteiger partial charge in [0.25, 0.3) is 0 Å². The molecule has 0 aromatic carbocycles. The molecule has 0 radical (unpaired) electrons. The first-order chi connectivity index (χ1) is 8.29.